The lowest BCUT2D eigenvalue weighted by atomic mass is 10.1. The third-order valence-corrected chi connectivity index (χ3v) is 4.84. The topological polar surface area (TPSA) is 70.7 Å². The maximum absolute atomic E-state index is 11.7. The van der Waals surface area contributed by atoms with E-state index in [-0.39, 0.29) is 11.6 Å². The highest BCUT2D eigenvalue weighted by Gasteiger charge is 2.12. The summed E-state index contributed by atoms with van der Waals surface area (Å²) in [5.74, 6) is 1.20. The molecule has 2 N–H and O–H groups in total. The molecule has 0 fully saturated rings. The van der Waals surface area contributed by atoms with E-state index in [0.29, 0.717) is 28.1 Å². The number of hydrogen-bond donors (Lipinski definition) is 2. The molecule has 0 bridgehead atoms. The highest BCUT2D eigenvalue weighted by atomic mass is 35.5. The minimum absolute atomic E-state index is 0.0686. The van der Waals surface area contributed by atoms with E-state index in [0.717, 1.165) is 16.8 Å². The average molecular weight is 389 g/mol. The van der Waals surface area contributed by atoms with E-state index in [1.165, 1.54) is 6.07 Å². The van der Waals surface area contributed by atoms with Gasteiger partial charge in [-0.05, 0) is 37.1 Å². The molecule has 1 atom stereocenters. The highest BCUT2D eigenvalue weighted by Crippen LogP contribution is 2.31. The molecule has 0 amide bonds. The van der Waals surface area contributed by atoms with Gasteiger partial charge < -0.3 is 10.3 Å². The Morgan fingerprint density at radius 1 is 1.23 bits per heavy atom. The van der Waals surface area contributed by atoms with Crippen LogP contribution in [-0.4, -0.2) is 15.0 Å². The van der Waals surface area contributed by atoms with E-state index in [1.807, 2.05) is 38.1 Å². The molecule has 0 spiro atoms. The molecular formula is C19H18Cl2N4O. The number of hydrogen-bond acceptors (Lipinski definition) is 4. The van der Waals surface area contributed by atoms with Gasteiger partial charge in [-0.3, -0.25) is 4.79 Å². The quantitative estimate of drug-likeness (QED) is 0.653. The molecule has 7 heteroatoms. The average Bonchev–Trinajstić information content (AvgIpc) is 2.64. The predicted molar refractivity (Wildman–Crippen MR) is 106 cm³/mol. The SMILES string of the molecule is CCc1cc(=O)[nH]c(-c2ccc(NC(C)c3cccc(Cl)c3Cl)nc2)n1. The van der Waals surface area contributed by atoms with Gasteiger partial charge in [0.2, 0.25) is 0 Å². The molecule has 3 rings (SSSR count). The Bertz CT molecular complexity index is 970. The number of pyridine rings is 1. The number of H-pyrrole nitrogens is 1. The zero-order valence-electron chi connectivity index (χ0n) is 14.4. The van der Waals surface area contributed by atoms with E-state index in [4.69, 9.17) is 23.2 Å². The summed E-state index contributed by atoms with van der Waals surface area (Å²) in [6.07, 6.45) is 2.37. The van der Waals surface area contributed by atoms with Crippen molar-refractivity contribution in [3.8, 4) is 11.4 Å². The first-order valence-electron chi connectivity index (χ1n) is 8.25. The fraction of sp³-hybridized carbons (Fsp3) is 0.211. The van der Waals surface area contributed by atoms with Crippen molar-refractivity contribution in [3.63, 3.8) is 0 Å². The first kappa shape index (κ1) is 18.4. The highest BCUT2D eigenvalue weighted by molar-refractivity contribution is 6.42. The van der Waals surface area contributed by atoms with E-state index >= 15 is 0 Å². The molecule has 2 heterocycles. The lowest BCUT2D eigenvalue weighted by molar-refractivity contribution is 0.875. The van der Waals surface area contributed by atoms with Gasteiger partial charge in [-0.2, -0.15) is 0 Å². The zero-order valence-corrected chi connectivity index (χ0v) is 15.9. The Morgan fingerprint density at radius 2 is 2.04 bits per heavy atom. The normalized spacial score (nSPS) is 12.0. The van der Waals surface area contributed by atoms with Crippen molar-refractivity contribution < 1.29 is 0 Å². The molecule has 3 aromatic rings. The van der Waals surface area contributed by atoms with E-state index in [2.05, 4.69) is 20.3 Å². The zero-order chi connectivity index (χ0) is 18.7. The van der Waals surface area contributed by atoms with Gasteiger partial charge in [0.15, 0.2) is 0 Å². The predicted octanol–water partition coefficient (Wildman–Crippen LogP) is 4.87. The lowest BCUT2D eigenvalue weighted by Gasteiger charge is -2.17. The summed E-state index contributed by atoms with van der Waals surface area (Å²) in [5, 5.41) is 4.34. The van der Waals surface area contributed by atoms with Crippen LogP contribution in [0.25, 0.3) is 11.4 Å². The van der Waals surface area contributed by atoms with Gasteiger partial charge in [0.1, 0.15) is 11.6 Å². The third-order valence-electron chi connectivity index (χ3n) is 4.01. The molecule has 26 heavy (non-hydrogen) atoms. The number of nitrogens with zero attached hydrogens (tertiary/aromatic N) is 2. The molecule has 1 aromatic carbocycles. The molecule has 0 aliphatic carbocycles. The van der Waals surface area contributed by atoms with Crippen molar-refractivity contribution in [3.05, 3.63) is 74.3 Å². The number of halogens is 2. The van der Waals surface area contributed by atoms with Crippen LogP contribution < -0.4 is 10.9 Å². The van der Waals surface area contributed by atoms with Crippen LogP contribution in [0.5, 0.6) is 0 Å². The van der Waals surface area contributed by atoms with E-state index in [1.54, 1.807) is 12.3 Å². The molecule has 1 unspecified atom stereocenters. The summed E-state index contributed by atoms with van der Waals surface area (Å²) in [6, 6.07) is 10.7. The van der Waals surface area contributed by atoms with Crippen LogP contribution >= 0.6 is 23.2 Å². The van der Waals surface area contributed by atoms with Crippen molar-refractivity contribution in [2.75, 3.05) is 5.32 Å². The molecule has 0 radical (unpaired) electrons. The Kier molecular flexibility index (Phi) is 5.59. The molecular weight excluding hydrogens is 371 g/mol. The summed E-state index contributed by atoms with van der Waals surface area (Å²) in [5.41, 5.74) is 2.22. The largest absolute Gasteiger partial charge is 0.363 e. The summed E-state index contributed by atoms with van der Waals surface area (Å²) >= 11 is 12.3. The summed E-state index contributed by atoms with van der Waals surface area (Å²) in [4.78, 5) is 23.3. The fourth-order valence-electron chi connectivity index (χ4n) is 2.60. The lowest BCUT2D eigenvalue weighted by Crippen LogP contribution is -2.11. The molecule has 0 aliphatic rings. The number of anilines is 1. The van der Waals surface area contributed by atoms with Crippen molar-refractivity contribution in [2.24, 2.45) is 0 Å². The number of rotatable bonds is 5. The van der Waals surface area contributed by atoms with E-state index in [9.17, 15) is 4.79 Å². The van der Waals surface area contributed by atoms with Crippen LogP contribution in [0.4, 0.5) is 5.82 Å². The smallest absolute Gasteiger partial charge is 0.251 e. The van der Waals surface area contributed by atoms with Crippen molar-refractivity contribution in [1.29, 1.82) is 0 Å². The number of nitrogens with one attached hydrogen (secondary N) is 2. The summed E-state index contributed by atoms with van der Waals surface area (Å²) < 4.78 is 0. The second-order valence-electron chi connectivity index (χ2n) is 5.88. The Labute approximate surface area is 161 Å². The number of aryl methyl sites for hydroxylation is 1. The molecule has 0 aliphatic heterocycles. The number of aromatic nitrogens is 3. The second kappa shape index (κ2) is 7.89. The Morgan fingerprint density at radius 3 is 2.73 bits per heavy atom. The number of aromatic amines is 1. The van der Waals surface area contributed by atoms with Gasteiger partial charge in [0, 0.05) is 23.5 Å². The Balaban J connectivity index is 1.81. The van der Waals surface area contributed by atoms with Gasteiger partial charge in [-0.1, -0.05) is 42.3 Å². The summed E-state index contributed by atoms with van der Waals surface area (Å²) in [6.45, 7) is 3.94. The van der Waals surface area contributed by atoms with Crippen LogP contribution in [0.3, 0.4) is 0 Å². The molecule has 0 saturated carbocycles. The standard InChI is InChI=1S/C19H18Cl2N4O/c1-3-13-9-17(26)25-19(24-13)12-7-8-16(22-10-12)23-11(2)14-5-4-6-15(20)18(14)21/h4-11H,3H2,1-2H3,(H,22,23)(H,24,25,26). The molecule has 5 nitrogen and oxygen atoms in total. The summed E-state index contributed by atoms with van der Waals surface area (Å²) in [7, 11) is 0. The van der Waals surface area contributed by atoms with Crippen LogP contribution in [0.1, 0.15) is 31.1 Å². The molecule has 134 valence electrons. The van der Waals surface area contributed by atoms with Crippen molar-refractivity contribution in [1.82, 2.24) is 15.0 Å². The molecule has 0 saturated heterocycles. The minimum Gasteiger partial charge on any atom is -0.363 e. The fourth-order valence-corrected chi connectivity index (χ4v) is 3.07. The molecule has 2 aromatic heterocycles. The van der Waals surface area contributed by atoms with Gasteiger partial charge in [-0.25, -0.2) is 9.97 Å². The van der Waals surface area contributed by atoms with Crippen LogP contribution in [0.15, 0.2) is 47.4 Å². The maximum atomic E-state index is 11.7. The van der Waals surface area contributed by atoms with E-state index < -0.39 is 0 Å². The minimum atomic E-state index is -0.168. The third kappa shape index (κ3) is 4.06. The van der Waals surface area contributed by atoms with Gasteiger partial charge >= 0.3 is 0 Å². The monoisotopic (exact) mass is 388 g/mol. The maximum Gasteiger partial charge on any atom is 0.251 e. The second-order valence-corrected chi connectivity index (χ2v) is 6.67. The van der Waals surface area contributed by atoms with Gasteiger partial charge in [-0.15, -0.1) is 0 Å². The number of benzene rings is 1. The van der Waals surface area contributed by atoms with Crippen LogP contribution in [0.2, 0.25) is 10.0 Å². The first-order valence-corrected chi connectivity index (χ1v) is 9.00. The van der Waals surface area contributed by atoms with Crippen molar-refractivity contribution in [2.45, 2.75) is 26.3 Å². The first-order chi connectivity index (χ1) is 12.5. The van der Waals surface area contributed by atoms with Gasteiger partial charge in [0.25, 0.3) is 5.56 Å². The van der Waals surface area contributed by atoms with Crippen LogP contribution in [-0.2, 0) is 6.42 Å². The van der Waals surface area contributed by atoms with Crippen molar-refractivity contribution >= 4 is 29.0 Å². The van der Waals surface area contributed by atoms with Gasteiger partial charge in [0.05, 0.1) is 16.1 Å². The Hall–Kier alpha value is -2.37. The van der Waals surface area contributed by atoms with Crippen LogP contribution in [0, 0.1) is 0 Å².